The van der Waals surface area contributed by atoms with Crippen LogP contribution >= 0.6 is 11.8 Å². The van der Waals surface area contributed by atoms with Crippen LogP contribution in [0.4, 0.5) is 0 Å². The number of aromatic nitrogens is 3. The van der Waals surface area contributed by atoms with E-state index in [1.807, 2.05) is 18.2 Å². The number of benzene rings is 2. The summed E-state index contributed by atoms with van der Waals surface area (Å²) in [5, 5.41) is 9.74. The summed E-state index contributed by atoms with van der Waals surface area (Å²) < 4.78 is 8.22. The summed E-state index contributed by atoms with van der Waals surface area (Å²) in [7, 11) is 0. The molecule has 1 unspecified atom stereocenters. The fraction of sp³-hybridized carbons (Fsp3) is 0.516. The number of ketones is 1. The quantitative estimate of drug-likeness (QED) is 0.285. The van der Waals surface area contributed by atoms with Crippen molar-refractivity contribution in [3.63, 3.8) is 0 Å². The van der Waals surface area contributed by atoms with Crippen molar-refractivity contribution in [2.45, 2.75) is 75.9 Å². The highest BCUT2D eigenvalue weighted by atomic mass is 32.2. The third-order valence-corrected chi connectivity index (χ3v) is 10.0. The number of aryl methyl sites for hydroxylation is 1. The summed E-state index contributed by atoms with van der Waals surface area (Å²) in [6.07, 6.45) is 7.50. The van der Waals surface area contributed by atoms with E-state index in [4.69, 9.17) is 4.74 Å². The molecule has 37 heavy (non-hydrogen) atoms. The van der Waals surface area contributed by atoms with Crippen molar-refractivity contribution in [3.05, 3.63) is 71.5 Å². The van der Waals surface area contributed by atoms with Crippen LogP contribution in [-0.2, 0) is 24.4 Å². The maximum atomic E-state index is 13.8. The summed E-state index contributed by atoms with van der Waals surface area (Å²) >= 11 is 1.57. The highest BCUT2D eigenvalue weighted by molar-refractivity contribution is 8.00. The van der Waals surface area contributed by atoms with Gasteiger partial charge in [0.25, 0.3) is 0 Å². The van der Waals surface area contributed by atoms with Gasteiger partial charge in [-0.1, -0.05) is 61.2 Å². The second-order valence-corrected chi connectivity index (χ2v) is 12.7. The maximum absolute atomic E-state index is 13.8. The second kappa shape index (κ2) is 10.6. The van der Waals surface area contributed by atoms with E-state index in [-0.39, 0.29) is 11.2 Å². The van der Waals surface area contributed by atoms with Gasteiger partial charge in [-0.05, 0) is 92.4 Å². The van der Waals surface area contributed by atoms with Crippen molar-refractivity contribution in [1.29, 1.82) is 0 Å². The zero-order valence-corrected chi connectivity index (χ0v) is 22.7. The maximum Gasteiger partial charge on any atom is 0.192 e. The molecule has 4 bridgehead atoms. The van der Waals surface area contributed by atoms with Crippen LogP contribution in [-0.4, -0.2) is 25.8 Å². The molecule has 4 saturated carbocycles. The molecule has 0 amide bonds. The molecule has 1 heterocycles. The van der Waals surface area contributed by atoms with E-state index in [9.17, 15) is 4.79 Å². The molecule has 0 spiro atoms. The average Bonchev–Trinajstić information content (AvgIpc) is 3.28. The topological polar surface area (TPSA) is 57.0 Å². The molecule has 0 saturated heterocycles. The van der Waals surface area contributed by atoms with E-state index in [2.05, 4.69) is 65.0 Å². The Hall–Kier alpha value is -2.60. The minimum Gasteiger partial charge on any atom is -0.486 e. The molecule has 5 nitrogen and oxygen atoms in total. The van der Waals surface area contributed by atoms with E-state index in [1.54, 1.807) is 11.8 Å². The first-order chi connectivity index (χ1) is 18.1. The molecule has 0 radical (unpaired) electrons. The molecule has 4 aliphatic carbocycles. The van der Waals surface area contributed by atoms with Crippen molar-refractivity contribution in [3.8, 4) is 5.75 Å². The molecule has 6 heteroatoms. The minimum absolute atomic E-state index is 0.128. The lowest BCUT2D eigenvalue weighted by molar-refractivity contribution is -0.135. The lowest BCUT2D eigenvalue weighted by Gasteiger charge is -2.54. The first-order valence-corrected chi connectivity index (χ1v) is 14.8. The number of hydrogen-bond acceptors (Lipinski definition) is 5. The molecule has 2 aromatic carbocycles. The van der Waals surface area contributed by atoms with Crippen molar-refractivity contribution >= 4 is 17.5 Å². The van der Waals surface area contributed by atoms with Gasteiger partial charge in [-0.15, -0.1) is 10.2 Å². The smallest absolute Gasteiger partial charge is 0.192 e. The third kappa shape index (κ3) is 5.22. The number of ether oxygens (including phenoxy) is 1. The van der Waals surface area contributed by atoms with Crippen LogP contribution in [0, 0.1) is 29.6 Å². The predicted octanol–water partition coefficient (Wildman–Crippen LogP) is 6.59. The Balaban J connectivity index is 1.19. The van der Waals surface area contributed by atoms with Gasteiger partial charge >= 0.3 is 0 Å². The number of Topliss-reactive ketones (excluding diaryl/α,β-unsaturated/α-hetero) is 1. The summed E-state index contributed by atoms with van der Waals surface area (Å²) in [6, 6.07) is 18.6. The van der Waals surface area contributed by atoms with Crippen molar-refractivity contribution in [2.75, 3.05) is 0 Å². The Morgan fingerprint density at radius 2 is 1.62 bits per heavy atom. The number of rotatable bonds is 10. The van der Waals surface area contributed by atoms with E-state index >= 15 is 0 Å². The first-order valence-electron chi connectivity index (χ1n) is 14.0. The molecule has 1 aromatic heterocycles. The monoisotopic (exact) mass is 515 g/mol. The minimum atomic E-state index is -0.128. The zero-order valence-electron chi connectivity index (χ0n) is 21.9. The van der Waals surface area contributed by atoms with Gasteiger partial charge < -0.3 is 4.74 Å². The van der Waals surface area contributed by atoms with Crippen LogP contribution in [0.1, 0.15) is 62.9 Å². The van der Waals surface area contributed by atoms with Crippen LogP contribution in [0.2, 0.25) is 0 Å². The average molecular weight is 516 g/mol. The Labute approximate surface area is 224 Å². The van der Waals surface area contributed by atoms with Gasteiger partial charge in [-0.3, -0.25) is 9.36 Å². The van der Waals surface area contributed by atoms with Crippen molar-refractivity contribution in [1.82, 2.24) is 14.8 Å². The molecule has 4 fully saturated rings. The SMILES string of the molecule is CCc1ccc(OCc2nnc(SC(C)C(=O)C3C4CC5CC(C4)CC3C5)n2Cc2ccccc2)cc1. The second-order valence-electron chi connectivity index (χ2n) is 11.4. The van der Waals surface area contributed by atoms with E-state index in [0.29, 0.717) is 30.8 Å². The molecule has 0 aliphatic heterocycles. The standard InChI is InChI=1S/C31H37N3O2S/c1-3-21-9-11-27(12-10-21)36-19-28-32-33-31(34(28)18-22-7-5-4-6-8-22)37-20(2)30(35)29-25-14-23-13-24(16-25)17-26(29)15-23/h4-12,20,23-26,29H,3,13-19H2,1-2H3. The first kappa shape index (κ1) is 24.7. The molecular formula is C31H37N3O2S. The van der Waals surface area contributed by atoms with Gasteiger partial charge in [-0.25, -0.2) is 0 Å². The number of nitrogens with zero attached hydrogens (tertiary/aromatic N) is 3. The highest BCUT2D eigenvalue weighted by Gasteiger charge is 2.51. The molecule has 3 aromatic rings. The third-order valence-electron chi connectivity index (χ3n) is 8.91. The van der Waals surface area contributed by atoms with Crippen LogP contribution in [0.5, 0.6) is 5.75 Å². The van der Waals surface area contributed by atoms with Gasteiger partial charge in [0.2, 0.25) is 0 Å². The number of thioether (sulfide) groups is 1. The molecule has 1 atom stereocenters. The van der Waals surface area contributed by atoms with Crippen LogP contribution in [0.15, 0.2) is 59.8 Å². The van der Waals surface area contributed by atoms with E-state index in [1.165, 1.54) is 43.2 Å². The lowest BCUT2D eigenvalue weighted by Crippen LogP contribution is -2.49. The van der Waals surface area contributed by atoms with E-state index < -0.39 is 0 Å². The van der Waals surface area contributed by atoms with Gasteiger partial charge in [0.05, 0.1) is 11.8 Å². The highest BCUT2D eigenvalue weighted by Crippen LogP contribution is 2.57. The fourth-order valence-corrected chi connectivity index (χ4v) is 8.26. The summed E-state index contributed by atoms with van der Waals surface area (Å²) in [6.45, 7) is 5.22. The summed E-state index contributed by atoms with van der Waals surface area (Å²) in [5.41, 5.74) is 2.47. The molecule has 4 aliphatic rings. The number of carbonyl (C=O) groups excluding carboxylic acids is 1. The molecule has 7 rings (SSSR count). The van der Waals surface area contributed by atoms with Gasteiger partial charge in [0, 0.05) is 5.92 Å². The Morgan fingerprint density at radius 3 is 2.27 bits per heavy atom. The Kier molecular flexibility index (Phi) is 7.11. The summed E-state index contributed by atoms with van der Waals surface area (Å²) in [4.78, 5) is 13.8. The van der Waals surface area contributed by atoms with Crippen molar-refractivity contribution in [2.24, 2.45) is 29.6 Å². The van der Waals surface area contributed by atoms with Gasteiger partial charge in [0.15, 0.2) is 11.0 Å². The fourth-order valence-electron chi connectivity index (χ4n) is 7.28. The Morgan fingerprint density at radius 1 is 0.946 bits per heavy atom. The van der Waals surface area contributed by atoms with Crippen molar-refractivity contribution < 1.29 is 9.53 Å². The molecule has 194 valence electrons. The number of hydrogen-bond donors (Lipinski definition) is 0. The van der Waals surface area contributed by atoms with Crippen LogP contribution in [0.3, 0.4) is 0 Å². The normalized spacial score (nSPS) is 26.8. The molecule has 0 N–H and O–H groups in total. The number of carbonyl (C=O) groups is 1. The Bertz CT molecular complexity index is 1200. The van der Waals surface area contributed by atoms with E-state index in [0.717, 1.165) is 35.0 Å². The zero-order chi connectivity index (χ0) is 25.4. The summed E-state index contributed by atoms with van der Waals surface area (Å²) in [5.74, 6) is 5.25. The predicted molar refractivity (Wildman–Crippen MR) is 147 cm³/mol. The van der Waals surface area contributed by atoms with Gasteiger partial charge in [0.1, 0.15) is 18.1 Å². The van der Waals surface area contributed by atoms with Crippen LogP contribution in [0.25, 0.3) is 0 Å². The van der Waals surface area contributed by atoms with Gasteiger partial charge in [-0.2, -0.15) is 0 Å². The van der Waals surface area contributed by atoms with Crippen LogP contribution < -0.4 is 4.74 Å². The lowest BCUT2D eigenvalue weighted by atomic mass is 9.51. The largest absolute Gasteiger partial charge is 0.486 e. The molecular weight excluding hydrogens is 478 g/mol.